The van der Waals surface area contributed by atoms with Gasteiger partial charge in [-0.1, -0.05) is 40.2 Å². The quantitative estimate of drug-likeness (QED) is 0.276. The van der Waals surface area contributed by atoms with Crippen LogP contribution in [-0.4, -0.2) is 15.0 Å². The molecule has 0 aliphatic heterocycles. The number of pyridine rings is 3. The first-order valence-electron chi connectivity index (χ1n) is 7.90. The van der Waals surface area contributed by atoms with Crippen molar-refractivity contribution in [3.63, 3.8) is 0 Å². The van der Waals surface area contributed by atoms with Crippen LogP contribution in [0.2, 0.25) is 0 Å². The van der Waals surface area contributed by atoms with Gasteiger partial charge in [0.15, 0.2) is 0 Å². The van der Waals surface area contributed by atoms with E-state index >= 15 is 0 Å². The van der Waals surface area contributed by atoms with E-state index in [0.717, 1.165) is 38.4 Å². The summed E-state index contributed by atoms with van der Waals surface area (Å²) in [5.41, 5.74) is 5.57. The van der Waals surface area contributed by atoms with E-state index < -0.39 is 0 Å². The molecule has 0 aliphatic rings. The van der Waals surface area contributed by atoms with Crippen LogP contribution in [-0.2, 0) is 21.1 Å². The Morgan fingerprint density at radius 3 is 1.56 bits per heavy atom. The number of halogens is 1. The van der Waals surface area contributed by atoms with E-state index in [0.29, 0.717) is 0 Å². The number of nitrogens with two attached hydrogens (primary N) is 1. The van der Waals surface area contributed by atoms with Crippen molar-refractivity contribution in [3.05, 3.63) is 95.8 Å². The van der Waals surface area contributed by atoms with Gasteiger partial charge in [-0.3, -0.25) is 9.97 Å². The smallest absolute Gasteiger partial charge is 0.693 e. The summed E-state index contributed by atoms with van der Waals surface area (Å²) in [6.07, 6.45) is 3.56. The SMILES string of the molecule is Brc1ccc(-c2cc(-c3ccccn3)nc(-c3ccccn3)c2)cc1.[NH2-].[Pt+2]. The molecule has 3 heterocycles. The Kier molecular flexibility index (Phi) is 7.54. The van der Waals surface area contributed by atoms with Gasteiger partial charge < -0.3 is 6.15 Å². The average molecular weight is 599 g/mol. The van der Waals surface area contributed by atoms with Crippen molar-refractivity contribution >= 4 is 15.9 Å². The van der Waals surface area contributed by atoms with Crippen LogP contribution in [0.15, 0.2) is 89.7 Å². The Balaban J connectivity index is 0.00000131. The topological polar surface area (TPSA) is 72.2 Å². The maximum atomic E-state index is 4.78. The van der Waals surface area contributed by atoms with E-state index in [1.165, 1.54) is 0 Å². The van der Waals surface area contributed by atoms with E-state index in [1.807, 2.05) is 48.5 Å². The van der Waals surface area contributed by atoms with Crippen LogP contribution in [0.3, 0.4) is 0 Å². The van der Waals surface area contributed by atoms with Crippen molar-refractivity contribution in [1.82, 2.24) is 15.0 Å². The number of benzene rings is 1. The summed E-state index contributed by atoms with van der Waals surface area (Å²) in [7, 11) is 0. The second-order valence-electron chi connectivity index (χ2n) is 5.56. The zero-order chi connectivity index (χ0) is 17.1. The first kappa shape index (κ1) is 21.1. The van der Waals surface area contributed by atoms with Gasteiger partial charge in [0, 0.05) is 16.9 Å². The van der Waals surface area contributed by atoms with Crippen LogP contribution < -0.4 is 0 Å². The number of aromatic nitrogens is 3. The molecule has 0 fully saturated rings. The maximum absolute atomic E-state index is 4.78. The third kappa shape index (κ3) is 4.95. The summed E-state index contributed by atoms with van der Waals surface area (Å²) in [6, 6.07) is 24.1. The fraction of sp³-hybridized carbons (Fsp3) is 0. The molecular weight excluding hydrogens is 583 g/mol. The van der Waals surface area contributed by atoms with Crippen LogP contribution in [0.4, 0.5) is 0 Å². The molecule has 6 heteroatoms. The minimum Gasteiger partial charge on any atom is -0.693 e. The zero-order valence-corrected chi connectivity index (χ0v) is 18.1. The number of hydrogen-bond acceptors (Lipinski definition) is 3. The minimum absolute atomic E-state index is 0. The predicted octanol–water partition coefficient (Wildman–Crippen LogP) is 6.35. The van der Waals surface area contributed by atoms with Crippen molar-refractivity contribution in [2.75, 3.05) is 0 Å². The van der Waals surface area contributed by atoms with Crippen LogP contribution in [0.25, 0.3) is 40.1 Å². The van der Waals surface area contributed by atoms with Crippen LogP contribution in [0, 0.1) is 0 Å². The van der Waals surface area contributed by atoms with Gasteiger partial charge in [0.25, 0.3) is 0 Å². The predicted molar refractivity (Wildman–Crippen MR) is 109 cm³/mol. The molecule has 4 aromatic rings. The Hall–Kier alpha value is -2.20. The van der Waals surface area contributed by atoms with Gasteiger partial charge in [0.1, 0.15) is 0 Å². The van der Waals surface area contributed by atoms with Gasteiger partial charge in [0.05, 0.1) is 22.8 Å². The summed E-state index contributed by atoms with van der Waals surface area (Å²) in [6.45, 7) is 0. The van der Waals surface area contributed by atoms with Crippen LogP contribution in [0.5, 0.6) is 0 Å². The molecule has 0 bridgehead atoms. The first-order chi connectivity index (χ1) is 12.3. The molecule has 3 aromatic heterocycles. The van der Waals surface area contributed by atoms with Gasteiger partial charge in [-0.25, -0.2) is 4.98 Å². The van der Waals surface area contributed by atoms with Crippen molar-refractivity contribution in [2.24, 2.45) is 0 Å². The first-order valence-corrected chi connectivity index (χ1v) is 8.70. The Morgan fingerprint density at radius 2 is 1.11 bits per heavy atom. The summed E-state index contributed by atoms with van der Waals surface area (Å²) in [5.74, 6) is 0. The maximum Gasteiger partial charge on any atom is 2.00 e. The molecule has 1 aromatic carbocycles. The summed E-state index contributed by atoms with van der Waals surface area (Å²) in [5, 5.41) is 0. The Labute approximate surface area is 181 Å². The third-order valence-corrected chi connectivity index (χ3v) is 4.39. The largest absolute Gasteiger partial charge is 2.00 e. The van der Waals surface area contributed by atoms with Crippen LogP contribution >= 0.6 is 15.9 Å². The zero-order valence-electron chi connectivity index (χ0n) is 14.2. The van der Waals surface area contributed by atoms with E-state index in [1.54, 1.807) is 12.4 Å². The molecule has 0 radical (unpaired) electrons. The summed E-state index contributed by atoms with van der Waals surface area (Å²) < 4.78 is 1.06. The average Bonchev–Trinajstić information content (AvgIpc) is 2.69. The Bertz CT molecular complexity index is 936. The molecule has 0 unspecified atom stereocenters. The molecule has 0 amide bonds. The molecule has 0 saturated heterocycles. The fourth-order valence-electron chi connectivity index (χ4n) is 2.63. The molecule has 0 saturated carbocycles. The summed E-state index contributed by atoms with van der Waals surface area (Å²) in [4.78, 5) is 13.7. The molecular formula is C21H16BrN4Pt+. The fourth-order valence-corrected chi connectivity index (χ4v) is 2.89. The molecule has 136 valence electrons. The molecule has 27 heavy (non-hydrogen) atoms. The van der Waals surface area contributed by atoms with Gasteiger partial charge in [0.2, 0.25) is 0 Å². The molecule has 2 N–H and O–H groups in total. The van der Waals surface area contributed by atoms with E-state index in [-0.39, 0.29) is 27.2 Å². The third-order valence-electron chi connectivity index (χ3n) is 3.86. The van der Waals surface area contributed by atoms with E-state index in [2.05, 4.69) is 50.2 Å². The van der Waals surface area contributed by atoms with Crippen LogP contribution in [0.1, 0.15) is 0 Å². The standard InChI is InChI=1S/C21H14BrN3.H2N.Pt/c22-17-9-7-15(8-10-17)16-13-20(18-5-1-3-11-23-18)25-21(14-16)19-6-2-4-12-24-19;;/h1-14H;1H2;/q;-1;+2. The van der Waals surface area contributed by atoms with E-state index in [4.69, 9.17) is 4.98 Å². The van der Waals surface area contributed by atoms with Crippen molar-refractivity contribution in [1.29, 1.82) is 0 Å². The molecule has 4 nitrogen and oxygen atoms in total. The monoisotopic (exact) mass is 598 g/mol. The molecule has 0 spiro atoms. The van der Waals surface area contributed by atoms with Gasteiger partial charge in [-0.2, -0.15) is 0 Å². The minimum atomic E-state index is 0. The van der Waals surface area contributed by atoms with Crippen molar-refractivity contribution < 1.29 is 21.1 Å². The Morgan fingerprint density at radius 1 is 0.593 bits per heavy atom. The molecule has 0 aliphatic carbocycles. The number of hydrogen-bond donors (Lipinski definition) is 0. The van der Waals surface area contributed by atoms with Crippen molar-refractivity contribution in [3.8, 4) is 33.9 Å². The molecule has 4 rings (SSSR count). The number of nitrogens with zero attached hydrogens (tertiary/aromatic N) is 3. The van der Waals surface area contributed by atoms with E-state index in [9.17, 15) is 0 Å². The van der Waals surface area contributed by atoms with Gasteiger partial charge in [-0.15, -0.1) is 0 Å². The normalized spacial score (nSPS) is 9.81. The summed E-state index contributed by atoms with van der Waals surface area (Å²) >= 11 is 3.49. The van der Waals surface area contributed by atoms with Crippen molar-refractivity contribution in [2.45, 2.75) is 0 Å². The van der Waals surface area contributed by atoms with Gasteiger partial charge >= 0.3 is 21.1 Å². The second kappa shape index (κ2) is 9.65. The molecule has 0 atom stereocenters. The number of rotatable bonds is 3. The van der Waals surface area contributed by atoms with Gasteiger partial charge in [-0.05, 0) is 59.7 Å². The second-order valence-corrected chi connectivity index (χ2v) is 6.48.